The highest BCUT2D eigenvalue weighted by Gasteiger charge is 2.32. The number of carbonyl (C=O) groups is 1. The molecular weight excluding hydrogens is 483 g/mol. The van der Waals surface area contributed by atoms with Gasteiger partial charge in [0.25, 0.3) is 5.91 Å². The number of hydrogen-bond donors (Lipinski definition) is 1. The van der Waals surface area contributed by atoms with Gasteiger partial charge in [-0.15, -0.1) is 5.10 Å². The molecule has 1 aliphatic heterocycles. The third kappa shape index (κ3) is 4.93. The van der Waals surface area contributed by atoms with Crippen molar-refractivity contribution >= 4 is 17.3 Å². The fourth-order valence-electron chi connectivity index (χ4n) is 4.46. The molecule has 0 atom stereocenters. The molecule has 0 aliphatic carbocycles. The molecule has 3 heterocycles. The Morgan fingerprint density at radius 2 is 1.81 bits per heavy atom. The van der Waals surface area contributed by atoms with E-state index in [0.717, 1.165) is 41.8 Å². The third-order valence-corrected chi connectivity index (χ3v) is 6.70. The number of halogens is 3. The fourth-order valence-corrected chi connectivity index (χ4v) is 4.46. The highest BCUT2D eigenvalue weighted by atomic mass is 19.4. The van der Waals surface area contributed by atoms with Gasteiger partial charge in [0.15, 0.2) is 0 Å². The maximum Gasteiger partial charge on any atom is 0.416 e. The number of hydrogen-bond acceptors (Lipinski definition) is 5. The molecule has 0 radical (unpaired) electrons. The summed E-state index contributed by atoms with van der Waals surface area (Å²) in [6.45, 7) is 5.19. The van der Waals surface area contributed by atoms with Gasteiger partial charge in [0.05, 0.1) is 23.6 Å². The standard InChI is InChI=1S/C26H26F3N7O/c1-16-6-7-18(10-24(16)36-15-23(32-33-36)22-14-30-34(3)17(22)2)25(37)31-20-11-19(26(27,28)29)12-21(13-20)35-8-4-5-9-35/h6-7,10-15H,4-5,8-9H2,1-3H3,(H,31,37). The second-order valence-electron chi connectivity index (χ2n) is 9.23. The van der Waals surface area contributed by atoms with Gasteiger partial charge in [-0.2, -0.15) is 18.3 Å². The zero-order valence-electron chi connectivity index (χ0n) is 20.7. The van der Waals surface area contributed by atoms with Crippen molar-refractivity contribution in [1.29, 1.82) is 0 Å². The summed E-state index contributed by atoms with van der Waals surface area (Å²) in [6.07, 6.45) is 0.793. The van der Waals surface area contributed by atoms with E-state index < -0.39 is 17.6 Å². The molecule has 192 valence electrons. The van der Waals surface area contributed by atoms with Crippen LogP contribution >= 0.6 is 0 Å². The molecule has 37 heavy (non-hydrogen) atoms. The molecule has 5 rings (SSSR count). The molecule has 4 aromatic rings. The summed E-state index contributed by atoms with van der Waals surface area (Å²) in [4.78, 5) is 15.0. The van der Waals surface area contributed by atoms with Crippen molar-refractivity contribution in [2.75, 3.05) is 23.3 Å². The molecular formula is C26H26F3N7O. The Balaban J connectivity index is 1.43. The number of nitrogens with zero attached hydrogens (tertiary/aromatic N) is 6. The van der Waals surface area contributed by atoms with Gasteiger partial charge in [0.2, 0.25) is 0 Å². The first-order valence-corrected chi connectivity index (χ1v) is 11.9. The van der Waals surface area contributed by atoms with Gasteiger partial charge in [0.1, 0.15) is 5.69 Å². The predicted molar refractivity (Wildman–Crippen MR) is 134 cm³/mol. The van der Waals surface area contributed by atoms with E-state index in [2.05, 4.69) is 20.7 Å². The van der Waals surface area contributed by atoms with Crippen molar-refractivity contribution < 1.29 is 18.0 Å². The van der Waals surface area contributed by atoms with Crippen molar-refractivity contribution in [3.8, 4) is 16.9 Å². The van der Waals surface area contributed by atoms with Gasteiger partial charge in [-0.25, -0.2) is 4.68 Å². The number of nitrogens with one attached hydrogen (secondary N) is 1. The first-order chi connectivity index (χ1) is 17.6. The number of amides is 1. The van der Waals surface area contributed by atoms with Crippen LogP contribution in [0.5, 0.6) is 0 Å². The number of anilines is 2. The van der Waals surface area contributed by atoms with Crippen LogP contribution in [0.15, 0.2) is 48.8 Å². The average Bonchev–Trinajstić information content (AvgIpc) is 3.61. The summed E-state index contributed by atoms with van der Waals surface area (Å²) in [5.74, 6) is -0.517. The average molecular weight is 510 g/mol. The normalized spacial score (nSPS) is 13.8. The van der Waals surface area contributed by atoms with E-state index in [4.69, 9.17) is 0 Å². The number of alkyl halides is 3. The molecule has 0 unspecified atom stereocenters. The summed E-state index contributed by atoms with van der Waals surface area (Å²) in [7, 11) is 1.84. The molecule has 0 spiro atoms. The van der Waals surface area contributed by atoms with Crippen LogP contribution in [0.2, 0.25) is 0 Å². The minimum Gasteiger partial charge on any atom is -0.371 e. The molecule has 1 N–H and O–H groups in total. The Kier molecular flexibility index (Phi) is 6.22. The number of aryl methyl sites for hydroxylation is 2. The Hall–Kier alpha value is -4.15. The summed E-state index contributed by atoms with van der Waals surface area (Å²) in [6, 6.07) is 8.74. The number of benzene rings is 2. The van der Waals surface area contributed by atoms with Gasteiger partial charge < -0.3 is 10.2 Å². The number of aromatic nitrogens is 5. The van der Waals surface area contributed by atoms with Crippen molar-refractivity contribution in [3.05, 3.63) is 71.2 Å². The van der Waals surface area contributed by atoms with E-state index in [9.17, 15) is 18.0 Å². The van der Waals surface area contributed by atoms with Gasteiger partial charge in [-0.05, 0) is 62.6 Å². The van der Waals surface area contributed by atoms with Crippen LogP contribution < -0.4 is 10.2 Å². The fraction of sp³-hybridized carbons (Fsp3) is 0.308. The van der Waals surface area contributed by atoms with Crippen LogP contribution in [-0.4, -0.2) is 43.8 Å². The summed E-state index contributed by atoms with van der Waals surface area (Å²) >= 11 is 0. The minimum absolute atomic E-state index is 0.0962. The molecule has 0 bridgehead atoms. The largest absolute Gasteiger partial charge is 0.416 e. The van der Waals surface area contributed by atoms with Crippen molar-refractivity contribution in [1.82, 2.24) is 24.8 Å². The first kappa shape index (κ1) is 24.5. The van der Waals surface area contributed by atoms with Crippen LogP contribution in [0.1, 0.15) is 40.0 Å². The van der Waals surface area contributed by atoms with Crippen LogP contribution in [0.25, 0.3) is 16.9 Å². The minimum atomic E-state index is -4.52. The number of rotatable bonds is 5. The SMILES string of the molecule is Cc1ccc(C(=O)Nc2cc(N3CCCC3)cc(C(F)(F)F)c2)cc1-n1cc(-c2cnn(C)c2C)nn1. The Morgan fingerprint density at radius 3 is 2.49 bits per heavy atom. The van der Waals surface area contributed by atoms with E-state index >= 15 is 0 Å². The quantitative estimate of drug-likeness (QED) is 0.402. The predicted octanol–water partition coefficient (Wildman–Crippen LogP) is 5.16. The Bertz CT molecular complexity index is 1470. The van der Waals surface area contributed by atoms with E-state index in [0.29, 0.717) is 30.2 Å². The second kappa shape index (κ2) is 9.38. The maximum absolute atomic E-state index is 13.6. The van der Waals surface area contributed by atoms with Crippen LogP contribution in [0.4, 0.5) is 24.5 Å². The van der Waals surface area contributed by atoms with Gasteiger partial charge in [0, 0.05) is 48.3 Å². The smallest absolute Gasteiger partial charge is 0.371 e. The molecule has 1 aliphatic rings. The Labute approximate surface area is 211 Å². The summed E-state index contributed by atoms with van der Waals surface area (Å²) in [5, 5.41) is 15.4. The van der Waals surface area contributed by atoms with Gasteiger partial charge in [-0.3, -0.25) is 9.48 Å². The lowest BCUT2D eigenvalue weighted by Gasteiger charge is -2.21. The molecule has 2 aromatic heterocycles. The van der Waals surface area contributed by atoms with Crippen molar-refractivity contribution in [2.24, 2.45) is 7.05 Å². The molecule has 0 saturated carbocycles. The zero-order chi connectivity index (χ0) is 26.3. The maximum atomic E-state index is 13.6. The third-order valence-electron chi connectivity index (χ3n) is 6.70. The number of carbonyl (C=O) groups excluding carboxylic acids is 1. The monoisotopic (exact) mass is 509 g/mol. The Morgan fingerprint density at radius 1 is 1.05 bits per heavy atom. The summed E-state index contributed by atoms with van der Waals surface area (Å²) in [5.41, 5.74) is 3.95. The molecule has 8 nitrogen and oxygen atoms in total. The second-order valence-corrected chi connectivity index (χ2v) is 9.23. The molecule has 1 saturated heterocycles. The van der Waals surface area contributed by atoms with Crippen LogP contribution in [0, 0.1) is 13.8 Å². The van der Waals surface area contributed by atoms with Crippen LogP contribution in [0.3, 0.4) is 0 Å². The zero-order valence-corrected chi connectivity index (χ0v) is 20.7. The van der Waals surface area contributed by atoms with E-state index in [1.807, 2.05) is 25.8 Å². The van der Waals surface area contributed by atoms with E-state index in [1.54, 1.807) is 46.0 Å². The lowest BCUT2D eigenvalue weighted by molar-refractivity contribution is -0.137. The van der Waals surface area contributed by atoms with Crippen molar-refractivity contribution in [2.45, 2.75) is 32.9 Å². The van der Waals surface area contributed by atoms with Gasteiger partial charge in [-0.1, -0.05) is 11.3 Å². The summed E-state index contributed by atoms with van der Waals surface area (Å²) < 4.78 is 44.1. The molecule has 11 heteroatoms. The first-order valence-electron chi connectivity index (χ1n) is 11.9. The van der Waals surface area contributed by atoms with Crippen molar-refractivity contribution in [3.63, 3.8) is 0 Å². The molecule has 1 amide bonds. The lowest BCUT2D eigenvalue weighted by Crippen LogP contribution is -2.20. The van der Waals surface area contributed by atoms with Crippen LogP contribution in [-0.2, 0) is 13.2 Å². The van der Waals surface area contributed by atoms with E-state index in [-0.39, 0.29) is 11.3 Å². The highest BCUT2D eigenvalue weighted by Crippen LogP contribution is 2.35. The lowest BCUT2D eigenvalue weighted by atomic mass is 10.1. The van der Waals surface area contributed by atoms with Gasteiger partial charge >= 0.3 is 6.18 Å². The van der Waals surface area contributed by atoms with E-state index in [1.165, 1.54) is 0 Å². The molecule has 2 aromatic carbocycles. The molecule has 1 fully saturated rings. The highest BCUT2D eigenvalue weighted by molar-refractivity contribution is 6.05. The topological polar surface area (TPSA) is 80.9 Å².